The van der Waals surface area contributed by atoms with Gasteiger partial charge in [0.1, 0.15) is 0 Å². The number of hydrogen-bond donors (Lipinski definition) is 2. The minimum atomic E-state index is -0.918. The van der Waals surface area contributed by atoms with Gasteiger partial charge < -0.3 is 10.4 Å². The smallest absolute Gasteiger partial charge is 0.311 e. The van der Waals surface area contributed by atoms with Crippen LogP contribution in [0.1, 0.15) is 43.0 Å². The Hall–Kier alpha value is -1.07. The van der Waals surface area contributed by atoms with Crippen LogP contribution in [0.4, 0.5) is 0 Å². The standard InChI is InChI=1S/C15H17BrClNO3/c1-15(14(20)21)7-3-2-4-12(15)18-13(19)10-8-9(17)5-6-11(10)16/h5-6,8,12H,2-4,7H2,1H3,(H,18,19)(H,20,21). The van der Waals surface area contributed by atoms with Crippen LogP contribution in [0, 0.1) is 5.41 Å². The van der Waals surface area contributed by atoms with Crippen molar-refractivity contribution in [3.63, 3.8) is 0 Å². The molecule has 1 fully saturated rings. The zero-order chi connectivity index (χ0) is 15.6. The molecule has 1 aromatic rings. The summed E-state index contributed by atoms with van der Waals surface area (Å²) in [6, 6.07) is 4.59. The number of benzene rings is 1. The van der Waals surface area contributed by atoms with E-state index in [4.69, 9.17) is 11.6 Å². The Kier molecular flexibility index (Phi) is 4.94. The van der Waals surface area contributed by atoms with Gasteiger partial charge in [0.2, 0.25) is 0 Å². The average molecular weight is 375 g/mol. The third-order valence-electron chi connectivity index (χ3n) is 4.17. The molecule has 0 aliphatic heterocycles. The fraction of sp³-hybridized carbons (Fsp3) is 0.467. The summed E-state index contributed by atoms with van der Waals surface area (Å²) in [5.41, 5.74) is -0.500. The quantitative estimate of drug-likeness (QED) is 0.844. The van der Waals surface area contributed by atoms with E-state index < -0.39 is 11.4 Å². The summed E-state index contributed by atoms with van der Waals surface area (Å²) >= 11 is 9.23. The third-order valence-corrected chi connectivity index (χ3v) is 5.10. The molecule has 21 heavy (non-hydrogen) atoms. The molecule has 0 aromatic heterocycles. The zero-order valence-electron chi connectivity index (χ0n) is 11.7. The van der Waals surface area contributed by atoms with Gasteiger partial charge in [0, 0.05) is 15.5 Å². The molecule has 0 spiro atoms. The summed E-state index contributed by atoms with van der Waals surface area (Å²) in [4.78, 5) is 23.9. The SMILES string of the molecule is CC1(C(=O)O)CCCCC1NC(=O)c1cc(Cl)ccc1Br. The second-order valence-electron chi connectivity index (χ2n) is 5.62. The molecule has 0 heterocycles. The fourth-order valence-electron chi connectivity index (χ4n) is 2.73. The van der Waals surface area contributed by atoms with E-state index in [1.165, 1.54) is 0 Å². The van der Waals surface area contributed by atoms with Crippen molar-refractivity contribution in [2.24, 2.45) is 5.41 Å². The molecule has 2 atom stereocenters. The number of hydrogen-bond acceptors (Lipinski definition) is 2. The van der Waals surface area contributed by atoms with Crippen molar-refractivity contribution in [2.45, 2.75) is 38.6 Å². The lowest BCUT2D eigenvalue weighted by Crippen LogP contribution is -2.52. The van der Waals surface area contributed by atoms with Gasteiger partial charge in [0.05, 0.1) is 11.0 Å². The van der Waals surface area contributed by atoms with Gasteiger partial charge in [0.25, 0.3) is 5.91 Å². The Morgan fingerprint density at radius 1 is 1.43 bits per heavy atom. The highest BCUT2D eigenvalue weighted by molar-refractivity contribution is 9.10. The molecule has 114 valence electrons. The van der Waals surface area contributed by atoms with Crippen molar-refractivity contribution >= 4 is 39.4 Å². The fourth-order valence-corrected chi connectivity index (χ4v) is 3.33. The maximum Gasteiger partial charge on any atom is 0.311 e. The molecule has 2 unspecified atom stereocenters. The number of halogens is 2. The Balaban J connectivity index is 2.21. The van der Waals surface area contributed by atoms with E-state index in [9.17, 15) is 14.7 Å². The van der Waals surface area contributed by atoms with Gasteiger partial charge in [-0.1, -0.05) is 24.4 Å². The number of carboxylic acids is 1. The first-order valence-electron chi connectivity index (χ1n) is 6.84. The summed E-state index contributed by atoms with van der Waals surface area (Å²) in [6.07, 6.45) is 3.04. The van der Waals surface area contributed by atoms with Crippen molar-refractivity contribution in [1.29, 1.82) is 0 Å². The van der Waals surface area contributed by atoms with E-state index in [-0.39, 0.29) is 11.9 Å². The first kappa shape index (κ1) is 16.3. The van der Waals surface area contributed by atoms with E-state index in [1.54, 1.807) is 25.1 Å². The molecule has 0 bridgehead atoms. The van der Waals surface area contributed by atoms with Gasteiger partial charge in [-0.2, -0.15) is 0 Å². The Morgan fingerprint density at radius 2 is 2.14 bits per heavy atom. The van der Waals surface area contributed by atoms with Crippen LogP contribution < -0.4 is 5.32 Å². The van der Waals surface area contributed by atoms with E-state index in [0.29, 0.717) is 27.9 Å². The molecular weight excluding hydrogens is 358 g/mol. The monoisotopic (exact) mass is 373 g/mol. The molecule has 0 saturated heterocycles. The van der Waals surface area contributed by atoms with E-state index in [2.05, 4.69) is 21.2 Å². The lowest BCUT2D eigenvalue weighted by Gasteiger charge is -2.38. The lowest BCUT2D eigenvalue weighted by molar-refractivity contribution is -0.151. The molecule has 2 rings (SSSR count). The van der Waals surface area contributed by atoms with Crippen LogP contribution >= 0.6 is 27.5 Å². The van der Waals surface area contributed by atoms with Gasteiger partial charge in [-0.15, -0.1) is 0 Å². The molecule has 4 nitrogen and oxygen atoms in total. The van der Waals surface area contributed by atoms with Crippen LogP contribution in [0.25, 0.3) is 0 Å². The van der Waals surface area contributed by atoms with Crippen LogP contribution in [0.2, 0.25) is 5.02 Å². The van der Waals surface area contributed by atoms with Crippen molar-refractivity contribution in [3.8, 4) is 0 Å². The Bertz CT molecular complexity index is 578. The van der Waals surface area contributed by atoms with Crippen LogP contribution in [0.3, 0.4) is 0 Å². The van der Waals surface area contributed by atoms with Gasteiger partial charge in [-0.25, -0.2) is 0 Å². The molecule has 1 aliphatic carbocycles. The van der Waals surface area contributed by atoms with Crippen molar-refractivity contribution in [1.82, 2.24) is 5.32 Å². The largest absolute Gasteiger partial charge is 0.481 e. The van der Waals surface area contributed by atoms with E-state index in [1.807, 2.05) is 0 Å². The molecule has 1 saturated carbocycles. The summed E-state index contributed by atoms with van der Waals surface area (Å²) in [6.45, 7) is 1.70. The number of carbonyl (C=O) groups excluding carboxylic acids is 1. The first-order chi connectivity index (χ1) is 9.84. The molecule has 1 aliphatic rings. The number of carboxylic acid groups (broad SMARTS) is 1. The van der Waals surface area contributed by atoms with Crippen LogP contribution in [0.15, 0.2) is 22.7 Å². The van der Waals surface area contributed by atoms with Gasteiger partial charge >= 0.3 is 5.97 Å². The summed E-state index contributed by atoms with van der Waals surface area (Å²) < 4.78 is 0.636. The second-order valence-corrected chi connectivity index (χ2v) is 6.91. The second kappa shape index (κ2) is 6.36. The van der Waals surface area contributed by atoms with Crippen LogP contribution in [-0.2, 0) is 4.79 Å². The number of amides is 1. The highest BCUT2D eigenvalue weighted by Crippen LogP contribution is 2.36. The summed E-state index contributed by atoms with van der Waals surface area (Å²) in [5, 5.41) is 12.8. The van der Waals surface area contributed by atoms with Crippen LogP contribution in [-0.4, -0.2) is 23.0 Å². The van der Waals surface area contributed by atoms with Crippen molar-refractivity contribution in [3.05, 3.63) is 33.3 Å². The first-order valence-corrected chi connectivity index (χ1v) is 8.01. The normalized spacial score (nSPS) is 25.4. The van der Waals surface area contributed by atoms with Crippen LogP contribution in [0.5, 0.6) is 0 Å². The minimum absolute atomic E-state index is 0.302. The summed E-state index contributed by atoms with van der Waals surface area (Å²) in [5.74, 6) is -1.17. The summed E-state index contributed by atoms with van der Waals surface area (Å²) in [7, 11) is 0. The predicted octanol–water partition coefficient (Wildman–Crippen LogP) is 3.87. The number of rotatable bonds is 3. The Labute approximate surface area is 137 Å². The van der Waals surface area contributed by atoms with Crippen molar-refractivity contribution in [2.75, 3.05) is 0 Å². The molecule has 1 amide bonds. The maximum absolute atomic E-state index is 12.4. The zero-order valence-corrected chi connectivity index (χ0v) is 14.0. The molecule has 1 aromatic carbocycles. The number of aliphatic carboxylic acids is 1. The Morgan fingerprint density at radius 3 is 2.81 bits per heavy atom. The molecule has 6 heteroatoms. The number of carbonyl (C=O) groups is 2. The molecule has 0 radical (unpaired) electrons. The van der Waals surface area contributed by atoms with E-state index >= 15 is 0 Å². The van der Waals surface area contributed by atoms with Gasteiger partial charge in [-0.05, 0) is 53.9 Å². The highest BCUT2D eigenvalue weighted by atomic mass is 79.9. The third kappa shape index (κ3) is 3.40. The van der Waals surface area contributed by atoms with Gasteiger partial charge in [-0.3, -0.25) is 9.59 Å². The average Bonchev–Trinajstić information content (AvgIpc) is 2.43. The number of nitrogens with one attached hydrogen (secondary N) is 1. The molecular formula is C15H17BrClNO3. The van der Waals surface area contributed by atoms with Crippen molar-refractivity contribution < 1.29 is 14.7 Å². The van der Waals surface area contributed by atoms with Gasteiger partial charge in [0.15, 0.2) is 0 Å². The molecule has 2 N–H and O–H groups in total. The maximum atomic E-state index is 12.4. The van der Waals surface area contributed by atoms with E-state index in [0.717, 1.165) is 12.8 Å². The highest BCUT2D eigenvalue weighted by Gasteiger charge is 2.44. The minimum Gasteiger partial charge on any atom is -0.481 e. The topological polar surface area (TPSA) is 66.4 Å². The lowest BCUT2D eigenvalue weighted by atomic mass is 9.71. The predicted molar refractivity (Wildman–Crippen MR) is 84.6 cm³/mol.